The standard InChI is InChI=1S/C6H12N2O4.2C6H5.Sn/c9-5(10)3-7-1-2-8-4-6(11)12;2*1-2-4-6-5-3-1;/h7-8H,1-4H2,(H,9,10)(H,11,12);2*1-5H;/q;;;+2. The summed E-state index contributed by atoms with van der Waals surface area (Å²) in [5.74, 6) is -1.85. The SMILES string of the molecule is O=C(O)CNCCNCC(=O)O.c1cc[c]([Sn+2][c]2ccccc2)cc1. The second-order valence-electron chi connectivity index (χ2n) is 5.00. The molecule has 7 heteroatoms. The van der Waals surface area contributed by atoms with Crippen LogP contribution in [-0.2, 0) is 9.59 Å². The number of aliphatic carboxylic acids is 2. The van der Waals surface area contributed by atoms with E-state index in [1.807, 2.05) is 0 Å². The van der Waals surface area contributed by atoms with Crippen molar-refractivity contribution in [3.05, 3.63) is 60.7 Å². The summed E-state index contributed by atoms with van der Waals surface area (Å²) >= 11 is -0.517. The van der Waals surface area contributed by atoms with Gasteiger partial charge in [-0.2, -0.15) is 0 Å². The van der Waals surface area contributed by atoms with Gasteiger partial charge in [-0.25, -0.2) is 0 Å². The quantitative estimate of drug-likeness (QED) is 0.310. The van der Waals surface area contributed by atoms with Crippen molar-refractivity contribution in [2.45, 2.75) is 0 Å². The molecule has 0 aliphatic rings. The zero-order chi connectivity index (χ0) is 18.3. The maximum absolute atomic E-state index is 9.96. The van der Waals surface area contributed by atoms with Gasteiger partial charge < -0.3 is 20.8 Å². The Balaban J connectivity index is 0.000000252. The predicted molar refractivity (Wildman–Crippen MR) is 98.9 cm³/mol. The van der Waals surface area contributed by atoms with Gasteiger partial charge in [0.25, 0.3) is 0 Å². The van der Waals surface area contributed by atoms with Crippen molar-refractivity contribution in [2.75, 3.05) is 26.2 Å². The van der Waals surface area contributed by atoms with Crippen molar-refractivity contribution in [3.63, 3.8) is 0 Å². The first-order valence-electron chi connectivity index (χ1n) is 7.80. The van der Waals surface area contributed by atoms with Crippen LogP contribution in [0.3, 0.4) is 0 Å². The molecule has 0 saturated carbocycles. The number of carboxylic acids is 2. The van der Waals surface area contributed by atoms with Crippen molar-refractivity contribution >= 4 is 40.2 Å². The molecule has 0 radical (unpaired) electrons. The molecule has 0 aromatic heterocycles. The van der Waals surface area contributed by atoms with Crippen LogP contribution in [0.2, 0.25) is 0 Å². The molecular formula is C18H22N2O4Sn+2. The zero-order valence-electron chi connectivity index (χ0n) is 13.8. The summed E-state index contributed by atoms with van der Waals surface area (Å²) in [5.41, 5.74) is 0. The first kappa shape index (κ1) is 21.1. The van der Waals surface area contributed by atoms with Crippen LogP contribution in [-0.4, -0.2) is 69.5 Å². The third kappa shape index (κ3) is 12.2. The first-order valence-corrected chi connectivity index (χ1v) is 10.7. The monoisotopic (exact) mass is 450 g/mol. The molecule has 25 heavy (non-hydrogen) atoms. The molecule has 0 unspecified atom stereocenters. The van der Waals surface area contributed by atoms with Crippen LogP contribution in [0.15, 0.2) is 60.7 Å². The summed E-state index contributed by atoms with van der Waals surface area (Å²) in [6.07, 6.45) is 0. The summed E-state index contributed by atoms with van der Waals surface area (Å²) in [6.45, 7) is 0.683. The molecule has 0 amide bonds. The van der Waals surface area contributed by atoms with Crippen LogP contribution in [0, 0.1) is 0 Å². The Kier molecular flexibility index (Phi) is 11.3. The molecule has 2 aromatic carbocycles. The van der Waals surface area contributed by atoms with E-state index < -0.39 is 33.1 Å². The average molecular weight is 449 g/mol. The molecule has 6 nitrogen and oxygen atoms in total. The van der Waals surface area contributed by atoms with Crippen molar-refractivity contribution < 1.29 is 19.8 Å². The van der Waals surface area contributed by atoms with Gasteiger partial charge in [0.15, 0.2) is 0 Å². The van der Waals surface area contributed by atoms with Crippen molar-refractivity contribution in [1.29, 1.82) is 0 Å². The third-order valence-electron chi connectivity index (χ3n) is 2.87. The van der Waals surface area contributed by atoms with Crippen LogP contribution in [0.25, 0.3) is 0 Å². The molecule has 4 N–H and O–H groups in total. The van der Waals surface area contributed by atoms with Crippen LogP contribution in [0.1, 0.15) is 0 Å². The summed E-state index contributed by atoms with van der Waals surface area (Å²) in [5, 5.41) is 21.6. The Hall–Kier alpha value is -1.90. The molecule has 0 heterocycles. The summed E-state index contributed by atoms with van der Waals surface area (Å²) in [4.78, 5) is 19.9. The van der Waals surface area contributed by atoms with Gasteiger partial charge in [-0.1, -0.05) is 0 Å². The van der Waals surface area contributed by atoms with E-state index in [2.05, 4.69) is 71.3 Å². The number of carbonyl (C=O) groups is 2. The zero-order valence-corrected chi connectivity index (χ0v) is 16.7. The minimum absolute atomic E-state index is 0.102. The van der Waals surface area contributed by atoms with Gasteiger partial charge >= 0.3 is 101 Å². The second-order valence-corrected chi connectivity index (χ2v) is 9.01. The van der Waals surface area contributed by atoms with E-state index in [0.29, 0.717) is 13.1 Å². The number of benzene rings is 2. The molecule has 2 rings (SSSR count). The topological polar surface area (TPSA) is 98.7 Å². The Labute approximate surface area is 157 Å². The van der Waals surface area contributed by atoms with E-state index >= 15 is 0 Å². The first-order chi connectivity index (χ1) is 12.1. The molecule has 130 valence electrons. The van der Waals surface area contributed by atoms with Crippen LogP contribution < -0.4 is 17.8 Å². The van der Waals surface area contributed by atoms with Crippen LogP contribution >= 0.6 is 0 Å². The average Bonchev–Trinajstić information content (AvgIpc) is 2.60. The van der Waals surface area contributed by atoms with E-state index in [0.717, 1.165) is 0 Å². The molecule has 2 aromatic rings. The molecule has 0 fully saturated rings. The van der Waals surface area contributed by atoms with E-state index in [9.17, 15) is 9.59 Å². The Morgan fingerprint density at radius 2 is 1.08 bits per heavy atom. The van der Waals surface area contributed by atoms with Gasteiger partial charge in [-0.15, -0.1) is 0 Å². The fourth-order valence-electron chi connectivity index (χ4n) is 1.78. The fourth-order valence-corrected chi connectivity index (χ4v) is 4.78. The van der Waals surface area contributed by atoms with E-state index in [1.54, 1.807) is 0 Å². The van der Waals surface area contributed by atoms with Crippen LogP contribution in [0.4, 0.5) is 0 Å². The van der Waals surface area contributed by atoms with Crippen molar-refractivity contribution in [3.8, 4) is 0 Å². The molecule has 0 bridgehead atoms. The number of carboxylic acid groups (broad SMARTS) is 2. The number of hydrogen-bond acceptors (Lipinski definition) is 4. The van der Waals surface area contributed by atoms with Gasteiger partial charge in [-0.05, 0) is 0 Å². The Morgan fingerprint density at radius 3 is 1.40 bits per heavy atom. The van der Waals surface area contributed by atoms with E-state index in [4.69, 9.17) is 10.2 Å². The van der Waals surface area contributed by atoms with E-state index in [-0.39, 0.29) is 13.1 Å². The van der Waals surface area contributed by atoms with Gasteiger partial charge in [-0.3, -0.25) is 9.59 Å². The molecule has 0 saturated heterocycles. The molecule has 0 atom stereocenters. The van der Waals surface area contributed by atoms with Gasteiger partial charge in [0, 0.05) is 13.1 Å². The van der Waals surface area contributed by atoms with Gasteiger partial charge in [0.2, 0.25) is 0 Å². The summed E-state index contributed by atoms with van der Waals surface area (Å²) < 4.78 is 3.08. The maximum atomic E-state index is 9.96. The number of rotatable bonds is 9. The van der Waals surface area contributed by atoms with Gasteiger partial charge in [0.05, 0.1) is 13.1 Å². The van der Waals surface area contributed by atoms with Gasteiger partial charge in [0.1, 0.15) is 0 Å². The molecule has 0 spiro atoms. The number of hydrogen-bond donors (Lipinski definition) is 4. The molecular weight excluding hydrogens is 427 g/mol. The molecule has 0 aliphatic heterocycles. The fraction of sp³-hybridized carbons (Fsp3) is 0.222. The molecule has 0 aliphatic carbocycles. The van der Waals surface area contributed by atoms with Crippen LogP contribution in [0.5, 0.6) is 0 Å². The normalized spacial score (nSPS) is 9.44. The van der Waals surface area contributed by atoms with E-state index in [1.165, 1.54) is 7.16 Å². The minimum atomic E-state index is -0.923. The van der Waals surface area contributed by atoms with Crippen molar-refractivity contribution in [2.24, 2.45) is 0 Å². The third-order valence-corrected chi connectivity index (χ3v) is 6.42. The second kappa shape index (κ2) is 13.4. The number of nitrogens with one attached hydrogen (secondary N) is 2. The summed E-state index contributed by atoms with van der Waals surface area (Å²) in [6, 6.07) is 21.6. The Bertz CT molecular complexity index is 568. The predicted octanol–water partition coefficient (Wildman–Crippen LogP) is -0.324. The summed E-state index contributed by atoms with van der Waals surface area (Å²) in [7, 11) is 0. The van der Waals surface area contributed by atoms with Crippen molar-refractivity contribution in [1.82, 2.24) is 10.6 Å². The Morgan fingerprint density at radius 1 is 0.720 bits per heavy atom.